The van der Waals surface area contributed by atoms with Crippen LogP contribution in [-0.2, 0) is 16.6 Å². The van der Waals surface area contributed by atoms with E-state index in [1.165, 1.54) is 11.3 Å². The second-order valence-electron chi connectivity index (χ2n) is 9.31. The van der Waals surface area contributed by atoms with E-state index in [-0.39, 0.29) is 30.4 Å². The third-order valence-corrected chi connectivity index (χ3v) is 7.59. The van der Waals surface area contributed by atoms with Gasteiger partial charge < -0.3 is 25.4 Å². The molecule has 2 amide bonds. The van der Waals surface area contributed by atoms with Crippen molar-refractivity contribution >= 4 is 34.0 Å². The Morgan fingerprint density at radius 1 is 1.26 bits per heavy atom. The minimum Gasteiger partial charge on any atom is -0.490 e. The quantitative estimate of drug-likeness (QED) is 0.488. The summed E-state index contributed by atoms with van der Waals surface area (Å²) >= 11 is 1.33. The van der Waals surface area contributed by atoms with E-state index in [1.54, 1.807) is 6.07 Å². The van der Waals surface area contributed by atoms with Gasteiger partial charge in [0, 0.05) is 29.0 Å². The number of carbonyl (C=O) groups excluding carboxylic acids is 2. The number of aryl methyl sites for hydroxylation is 1. The van der Waals surface area contributed by atoms with Gasteiger partial charge in [0.15, 0.2) is 5.13 Å². The number of anilines is 2. The molecule has 3 aromatic rings. The van der Waals surface area contributed by atoms with Crippen LogP contribution in [0.3, 0.4) is 0 Å². The maximum Gasteiger partial charge on any atom is 0.251 e. The summed E-state index contributed by atoms with van der Waals surface area (Å²) in [6.07, 6.45) is 1.75. The van der Waals surface area contributed by atoms with Crippen molar-refractivity contribution in [2.45, 2.75) is 25.2 Å². The number of rotatable bonds is 6. The largest absolute Gasteiger partial charge is 0.490 e. The first kappa shape index (κ1) is 23.3. The average Bonchev–Trinajstić information content (AvgIpc) is 3.47. The molecule has 8 nitrogen and oxygen atoms in total. The van der Waals surface area contributed by atoms with Crippen LogP contribution in [0.2, 0.25) is 0 Å². The van der Waals surface area contributed by atoms with Gasteiger partial charge in [0.1, 0.15) is 12.4 Å². The van der Waals surface area contributed by atoms with E-state index in [4.69, 9.17) is 4.74 Å². The van der Waals surface area contributed by atoms with Crippen LogP contribution in [0.25, 0.3) is 11.3 Å². The lowest BCUT2D eigenvalue weighted by Crippen LogP contribution is -2.33. The predicted octanol–water partition coefficient (Wildman–Crippen LogP) is 3.20. The fourth-order valence-corrected chi connectivity index (χ4v) is 5.34. The molecule has 1 aliphatic carbocycles. The van der Waals surface area contributed by atoms with Crippen LogP contribution in [-0.4, -0.2) is 55.3 Å². The molecule has 5 rings (SSSR count). The van der Waals surface area contributed by atoms with Crippen molar-refractivity contribution in [3.8, 4) is 17.0 Å². The molecule has 0 radical (unpaired) electrons. The Labute approximate surface area is 207 Å². The SMILES string of the molecule is CN1CCOc2ccc(-c3csc(NC(=O)CNC(=O)c4ccc5c(c4)[C@@](C)(CO)CC5)n3)cc21. The maximum atomic E-state index is 12.7. The van der Waals surface area contributed by atoms with Crippen molar-refractivity contribution in [2.24, 2.45) is 0 Å². The third kappa shape index (κ3) is 4.61. The van der Waals surface area contributed by atoms with Crippen molar-refractivity contribution in [3.05, 3.63) is 58.5 Å². The fourth-order valence-electron chi connectivity index (χ4n) is 4.61. The summed E-state index contributed by atoms with van der Waals surface area (Å²) < 4.78 is 5.70. The Morgan fingerprint density at radius 3 is 2.94 bits per heavy atom. The summed E-state index contributed by atoms with van der Waals surface area (Å²) in [6, 6.07) is 11.5. The van der Waals surface area contributed by atoms with Crippen LogP contribution in [0.4, 0.5) is 10.8 Å². The van der Waals surface area contributed by atoms with E-state index in [2.05, 4.69) is 20.5 Å². The van der Waals surface area contributed by atoms with Gasteiger partial charge in [-0.05, 0) is 54.3 Å². The zero-order chi connectivity index (χ0) is 24.6. The van der Waals surface area contributed by atoms with Gasteiger partial charge in [-0.15, -0.1) is 11.3 Å². The summed E-state index contributed by atoms with van der Waals surface area (Å²) in [5.74, 6) is 0.181. The van der Waals surface area contributed by atoms with Gasteiger partial charge in [-0.1, -0.05) is 13.0 Å². The zero-order valence-electron chi connectivity index (χ0n) is 19.8. The lowest BCUT2D eigenvalue weighted by atomic mass is 9.84. The second kappa shape index (κ2) is 9.31. The summed E-state index contributed by atoms with van der Waals surface area (Å²) in [6.45, 7) is 3.38. The highest BCUT2D eigenvalue weighted by molar-refractivity contribution is 7.14. The lowest BCUT2D eigenvalue weighted by molar-refractivity contribution is -0.115. The van der Waals surface area contributed by atoms with E-state index < -0.39 is 0 Å². The first-order chi connectivity index (χ1) is 16.9. The molecule has 9 heteroatoms. The highest BCUT2D eigenvalue weighted by Crippen LogP contribution is 2.39. The number of aromatic nitrogens is 1. The molecule has 1 aromatic heterocycles. The van der Waals surface area contributed by atoms with Gasteiger partial charge in [0.25, 0.3) is 5.91 Å². The molecule has 35 heavy (non-hydrogen) atoms. The number of aliphatic hydroxyl groups is 1. The fraction of sp³-hybridized carbons (Fsp3) is 0.346. The molecule has 1 aliphatic heterocycles. The normalized spacial score (nSPS) is 18.4. The molecule has 0 fully saturated rings. The minimum absolute atomic E-state index is 0.0409. The highest BCUT2D eigenvalue weighted by Gasteiger charge is 2.34. The molecule has 2 aromatic carbocycles. The number of aliphatic hydroxyl groups excluding tert-OH is 1. The van der Waals surface area contributed by atoms with Crippen LogP contribution in [0.5, 0.6) is 5.75 Å². The molecule has 0 bridgehead atoms. The Hall–Kier alpha value is -3.43. The number of fused-ring (bicyclic) bond motifs is 2. The van der Waals surface area contributed by atoms with E-state index in [0.717, 1.165) is 53.2 Å². The number of hydrogen-bond acceptors (Lipinski definition) is 7. The molecule has 1 atom stereocenters. The molecule has 2 heterocycles. The van der Waals surface area contributed by atoms with Crippen LogP contribution >= 0.6 is 11.3 Å². The molecule has 3 N–H and O–H groups in total. The number of likely N-dealkylation sites (N-methyl/N-ethyl adjacent to an activating group) is 1. The Bertz CT molecular complexity index is 1290. The third-order valence-electron chi connectivity index (χ3n) is 6.83. The first-order valence-electron chi connectivity index (χ1n) is 11.6. The molecule has 2 aliphatic rings. The maximum absolute atomic E-state index is 12.7. The van der Waals surface area contributed by atoms with E-state index in [1.807, 2.05) is 49.7 Å². The molecule has 182 valence electrons. The van der Waals surface area contributed by atoms with E-state index in [0.29, 0.717) is 17.3 Å². The molecule has 0 unspecified atom stereocenters. The van der Waals surface area contributed by atoms with Gasteiger partial charge in [-0.25, -0.2) is 4.98 Å². The van der Waals surface area contributed by atoms with E-state index >= 15 is 0 Å². The van der Waals surface area contributed by atoms with Crippen molar-refractivity contribution in [3.63, 3.8) is 0 Å². The molecular weight excluding hydrogens is 464 g/mol. The van der Waals surface area contributed by atoms with Crippen molar-refractivity contribution in [1.29, 1.82) is 0 Å². The number of ether oxygens (including phenoxy) is 1. The van der Waals surface area contributed by atoms with Crippen molar-refractivity contribution < 1.29 is 19.4 Å². The standard InChI is InChI=1S/C26H28N4O4S/c1-26(15-31)8-7-16-3-4-18(11-19(16)26)24(33)27-13-23(32)29-25-28-20(14-35-25)17-5-6-22-21(12-17)30(2)9-10-34-22/h3-6,11-12,14,31H,7-10,13,15H2,1-2H3,(H,27,33)(H,28,29,32)/t26-/m1/s1. The monoisotopic (exact) mass is 492 g/mol. The topological polar surface area (TPSA) is 104 Å². The van der Waals surface area contributed by atoms with Gasteiger partial charge in [-0.3, -0.25) is 9.59 Å². The molecule has 0 saturated heterocycles. The smallest absolute Gasteiger partial charge is 0.251 e. The van der Waals surface area contributed by atoms with Crippen molar-refractivity contribution in [2.75, 3.05) is 43.6 Å². The number of benzene rings is 2. The average molecular weight is 493 g/mol. The van der Waals surface area contributed by atoms with Crippen molar-refractivity contribution in [1.82, 2.24) is 10.3 Å². The predicted molar refractivity (Wildman–Crippen MR) is 136 cm³/mol. The summed E-state index contributed by atoms with van der Waals surface area (Å²) in [5, 5.41) is 17.6. The molecular formula is C26H28N4O4S. The Morgan fingerprint density at radius 2 is 2.11 bits per heavy atom. The number of carbonyl (C=O) groups is 2. The van der Waals surface area contributed by atoms with Gasteiger partial charge in [0.05, 0.1) is 31.1 Å². The Kier molecular flexibility index (Phi) is 6.21. The molecule has 0 spiro atoms. The highest BCUT2D eigenvalue weighted by atomic mass is 32.1. The number of nitrogens with one attached hydrogen (secondary N) is 2. The first-order valence-corrected chi connectivity index (χ1v) is 12.5. The lowest BCUT2D eigenvalue weighted by Gasteiger charge is -2.27. The van der Waals surface area contributed by atoms with Gasteiger partial charge in [0.2, 0.25) is 5.91 Å². The second-order valence-corrected chi connectivity index (χ2v) is 10.2. The number of amides is 2. The van der Waals surface area contributed by atoms with Crippen LogP contribution in [0.15, 0.2) is 41.8 Å². The van der Waals surface area contributed by atoms with Gasteiger partial charge >= 0.3 is 0 Å². The number of thiazole rings is 1. The van der Waals surface area contributed by atoms with Crippen LogP contribution in [0, 0.1) is 0 Å². The van der Waals surface area contributed by atoms with Crippen LogP contribution in [0.1, 0.15) is 34.8 Å². The van der Waals surface area contributed by atoms with Crippen LogP contribution < -0.4 is 20.3 Å². The summed E-state index contributed by atoms with van der Waals surface area (Å²) in [5.41, 5.74) is 5.04. The molecule has 0 saturated carbocycles. The van der Waals surface area contributed by atoms with E-state index in [9.17, 15) is 14.7 Å². The Balaban J connectivity index is 1.20. The minimum atomic E-state index is -0.348. The summed E-state index contributed by atoms with van der Waals surface area (Å²) in [7, 11) is 2.03. The van der Waals surface area contributed by atoms with Gasteiger partial charge in [-0.2, -0.15) is 0 Å². The zero-order valence-corrected chi connectivity index (χ0v) is 20.6. The summed E-state index contributed by atoms with van der Waals surface area (Å²) in [4.78, 5) is 31.8. The number of nitrogens with zero attached hydrogens (tertiary/aromatic N) is 2. The number of hydrogen-bond donors (Lipinski definition) is 3.